The molecule has 1 aliphatic heterocycles. The van der Waals surface area contributed by atoms with Gasteiger partial charge in [0.25, 0.3) is 0 Å². The molecule has 1 heterocycles. The molecule has 3 heteroatoms. The molecule has 3 nitrogen and oxygen atoms in total. The Kier molecular flexibility index (Phi) is 3.06. The molecule has 1 atom stereocenters. The van der Waals surface area contributed by atoms with Gasteiger partial charge in [-0.15, -0.1) is 0 Å². The van der Waals surface area contributed by atoms with Gasteiger partial charge in [-0.2, -0.15) is 0 Å². The Labute approximate surface area is 94.7 Å². The quantitative estimate of drug-likeness (QED) is 0.731. The molecule has 0 spiro atoms. The summed E-state index contributed by atoms with van der Waals surface area (Å²) in [4.78, 5) is 11.2. The smallest absolute Gasteiger partial charge is 0.333 e. The summed E-state index contributed by atoms with van der Waals surface area (Å²) in [7, 11) is 0. The first-order valence-corrected chi connectivity index (χ1v) is 5.30. The van der Waals surface area contributed by atoms with Crippen molar-refractivity contribution in [3.8, 4) is 0 Å². The van der Waals surface area contributed by atoms with E-state index in [9.17, 15) is 4.79 Å². The molecule has 1 aromatic carbocycles. The third-order valence-electron chi connectivity index (χ3n) is 2.25. The lowest BCUT2D eigenvalue weighted by Gasteiger charge is -2.17. The topological polar surface area (TPSA) is 35.5 Å². The van der Waals surface area contributed by atoms with E-state index < -0.39 is 6.29 Å². The molecule has 0 aliphatic carbocycles. The Bertz CT molecular complexity index is 406. The second kappa shape index (κ2) is 4.49. The first-order chi connectivity index (χ1) is 7.66. The fraction of sp³-hybridized carbons (Fsp3) is 0.308. The van der Waals surface area contributed by atoms with Crippen molar-refractivity contribution in [1.82, 2.24) is 0 Å². The van der Waals surface area contributed by atoms with Crippen LogP contribution in [-0.2, 0) is 14.3 Å². The number of carbonyl (C=O) groups is 1. The largest absolute Gasteiger partial charge is 0.428 e. The maximum Gasteiger partial charge on any atom is 0.333 e. The van der Waals surface area contributed by atoms with Crippen molar-refractivity contribution in [1.29, 1.82) is 0 Å². The SMILES string of the molecule is CC(C)OC1OC(=O)C=C1c1ccccc1. The number of carbonyl (C=O) groups excluding carboxylic acids is 1. The van der Waals surface area contributed by atoms with Gasteiger partial charge in [0.15, 0.2) is 0 Å². The Morgan fingerprint density at radius 2 is 1.94 bits per heavy atom. The van der Waals surface area contributed by atoms with Crippen LogP contribution in [0.25, 0.3) is 5.57 Å². The van der Waals surface area contributed by atoms with Crippen LogP contribution in [0.15, 0.2) is 36.4 Å². The van der Waals surface area contributed by atoms with E-state index >= 15 is 0 Å². The normalized spacial score (nSPS) is 19.8. The maximum atomic E-state index is 11.2. The van der Waals surface area contributed by atoms with Crippen LogP contribution >= 0.6 is 0 Å². The first kappa shape index (κ1) is 10.9. The van der Waals surface area contributed by atoms with E-state index in [1.54, 1.807) is 0 Å². The lowest BCUT2D eigenvalue weighted by molar-refractivity contribution is -0.161. The molecule has 0 fully saturated rings. The van der Waals surface area contributed by atoms with Crippen molar-refractivity contribution < 1.29 is 14.3 Å². The number of esters is 1. The van der Waals surface area contributed by atoms with E-state index in [1.165, 1.54) is 6.08 Å². The van der Waals surface area contributed by atoms with Crippen LogP contribution in [-0.4, -0.2) is 18.4 Å². The summed E-state index contributed by atoms with van der Waals surface area (Å²) in [5.74, 6) is -0.343. The molecule has 84 valence electrons. The van der Waals surface area contributed by atoms with Crippen LogP contribution in [0, 0.1) is 0 Å². The summed E-state index contributed by atoms with van der Waals surface area (Å²) >= 11 is 0. The summed E-state index contributed by atoms with van der Waals surface area (Å²) in [6.07, 6.45) is 0.931. The van der Waals surface area contributed by atoms with Gasteiger partial charge < -0.3 is 9.47 Å². The zero-order valence-electron chi connectivity index (χ0n) is 9.34. The third kappa shape index (κ3) is 2.31. The summed E-state index contributed by atoms with van der Waals surface area (Å²) < 4.78 is 10.6. The fourth-order valence-electron chi connectivity index (χ4n) is 1.60. The summed E-state index contributed by atoms with van der Waals surface area (Å²) in [6.45, 7) is 3.82. The lowest BCUT2D eigenvalue weighted by atomic mass is 10.1. The van der Waals surface area contributed by atoms with E-state index in [-0.39, 0.29) is 12.1 Å². The molecule has 0 bridgehead atoms. The monoisotopic (exact) mass is 218 g/mol. The maximum absolute atomic E-state index is 11.2. The highest BCUT2D eigenvalue weighted by atomic mass is 16.7. The van der Waals surface area contributed by atoms with E-state index in [2.05, 4.69) is 0 Å². The molecule has 0 saturated carbocycles. The molecule has 1 aliphatic rings. The van der Waals surface area contributed by atoms with Gasteiger partial charge in [-0.1, -0.05) is 30.3 Å². The number of rotatable bonds is 3. The Morgan fingerprint density at radius 3 is 2.56 bits per heavy atom. The molecule has 2 rings (SSSR count). The van der Waals surface area contributed by atoms with Crippen molar-refractivity contribution in [3.05, 3.63) is 42.0 Å². The standard InChI is InChI=1S/C13H14O3/c1-9(2)15-13-11(8-12(14)16-13)10-6-4-3-5-7-10/h3-9,13H,1-2H3. The minimum Gasteiger partial charge on any atom is -0.428 e. The lowest BCUT2D eigenvalue weighted by Crippen LogP contribution is -2.20. The van der Waals surface area contributed by atoms with Crippen LogP contribution in [0.1, 0.15) is 19.4 Å². The number of hydrogen-bond acceptors (Lipinski definition) is 3. The Balaban J connectivity index is 2.24. The minimum atomic E-state index is -0.574. The summed E-state index contributed by atoms with van der Waals surface area (Å²) in [5, 5.41) is 0. The summed E-state index contributed by atoms with van der Waals surface area (Å²) in [5.41, 5.74) is 1.75. The minimum absolute atomic E-state index is 0.0167. The average Bonchev–Trinajstić information content (AvgIpc) is 2.60. The molecular formula is C13H14O3. The van der Waals surface area contributed by atoms with Crippen LogP contribution in [0.3, 0.4) is 0 Å². The zero-order chi connectivity index (χ0) is 11.5. The van der Waals surface area contributed by atoms with Gasteiger partial charge in [-0.05, 0) is 19.4 Å². The second-order valence-electron chi connectivity index (χ2n) is 3.92. The summed E-state index contributed by atoms with van der Waals surface area (Å²) in [6, 6.07) is 9.64. The van der Waals surface area contributed by atoms with Crippen LogP contribution in [0.5, 0.6) is 0 Å². The van der Waals surface area contributed by atoms with Gasteiger partial charge in [0, 0.05) is 11.6 Å². The Morgan fingerprint density at radius 1 is 1.25 bits per heavy atom. The van der Waals surface area contributed by atoms with E-state index in [0.717, 1.165) is 11.1 Å². The van der Waals surface area contributed by atoms with E-state index in [1.807, 2.05) is 44.2 Å². The van der Waals surface area contributed by atoms with Crippen LogP contribution in [0.4, 0.5) is 0 Å². The van der Waals surface area contributed by atoms with Crippen LogP contribution < -0.4 is 0 Å². The zero-order valence-corrected chi connectivity index (χ0v) is 9.34. The first-order valence-electron chi connectivity index (χ1n) is 5.30. The Hall–Kier alpha value is -1.61. The number of hydrogen-bond donors (Lipinski definition) is 0. The second-order valence-corrected chi connectivity index (χ2v) is 3.92. The molecule has 0 saturated heterocycles. The van der Waals surface area contributed by atoms with Gasteiger partial charge in [0.1, 0.15) is 0 Å². The van der Waals surface area contributed by atoms with Gasteiger partial charge >= 0.3 is 5.97 Å². The predicted molar refractivity (Wildman–Crippen MR) is 60.5 cm³/mol. The third-order valence-corrected chi connectivity index (χ3v) is 2.25. The highest BCUT2D eigenvalue weighted by Gasteiger charge is 2.28. The van der Waals surface area contributed by atoms with Crippen molar-refractivity contribution in [2.75, 3.05) is 0 Å². The van der Waals surface area contributed by atoms with E-state index in [0.29, 0.717) is 0 Å². The highest BCUT2D eigenvalue weighted by Crippen LogP contribution is 2.27. The van der Waals surface area contributed by atoms with Gasteiger partial charge in [0.2, 0.25) is 6.29 Å². The van der Waals surface area contributed by atoms with Gasteiger partial charge in [-0.25, -0.2) is 4.79 Å². The number of ether oxygens (including phenoxy) is 2. The molecule has 0 N–H and O–H groups in total. The van der Waals surface area contributed by atoms with E-state index in [4.69, 9.17) is 9.47 Å². The molecule has 0 aromatic heterocycles. The average molecular weight is 218 g/mol. The van der Waals surface area contributed by atoms with Crippen LogP contribution in [0.2, 0.25) is 0 Å². The molecule has 1 unspecified atom stereocenters. The van der Waals surface area contributed by atoms with Gasteiger partial charge in [0.05, 0.1) is 6.10 Å². The number of cyclic esters (lactones) is 1. The number of benzene rings is 1. The molecule has 0 amide bonds. The van der Waals surface area contributed by atoms with Crippen molar-refractivity contribution in [3.63, 3.8) is 0 Å². The predicted octanol–water partition coefficient (Wildman–Crippen LogP) is 2.38. The van der Waals surface area contributed by atoms with Crippen molar-refractivity contribution >= 4 is 11.5 Å². The molecule has 1 aromatic rings. The molecule has 0 radical (unpaired) electrons. The highest BCUT2D eigenvalue weighted by molar-refractivity contribution is 5.96. The van der Waals surface area contributed by atoms with Crippen molar-refractivity contribution in [2.45, 2.75) is 26.2 Å². The van der Waals surface area contributed by atoms with Crippen molar-refractivity contribution in [2.24, 2.45) is 0 Å². The fourth-order valence-corrected chi connectivity index (χ4v) is 1.60. The molecule has 16 heavy (non-hydrogen) atoms. The van der Waals surface area contributed by atoms with Gasteiger partial charge in [-0.3, -0.25) is 0 Å². The molecular weight excluding hydrogens is 204 g/mol.